The molecule has 5 heteroatoms. The van der Waals surface area contributed by atoms with Crippen LogP contribution in [0.1, 0.15) is 5.82 Å². The molecule has 0 amide bonds. The lowest BCUT2D eigenvalue weighted by atomic mass is 10.2. The minimum absolute atomic E-state index is 0.0194. The molecule has 0 spiro atoms. The number of rotatable bonds is 0. The van der Waals surface area contributed by atoms with Crippen LogP contribution in [0.25, 0.3) is 10.9 Å². The summed E-state index contributed by atoms with van der Waals surface area (Å²) in [4.78, 5) is 15.6. The smallest absolute Gasteiger partial charge is 0.262 e. The highest BCUT2D eigenvalue weighted by Gasteiger charge is 2.09. The molecule has 0 aliphatic rings. The fourth-order valence-corrected chi connectivity index (χ4v) is 1.38. The van der Waals surface area contributed by atoms with Crippen LogP contribution in [0, 0.1) is 11.3 Å². The summed E-state index contributed by atoms with van der Waals surface area (Å²) in [6.45, 7) is 0. The van der Waals surface area contributed by atoms with Gasteiger partial charge in [0.2, 0.25) is 5.82 Å². The van der Waals surface area contributed by atoms with Gasteiger partial charge in [0.25, 0.3) is 5.56 Å². The second kappa shape index (κ2) is 3.10. The summed E-state index contributed by atoms with van der Waals surface area (Å²) in [6.07, 6.45) is 0. The van der Waals surface area contributed by atoms with E-state index in [1.54, 1.807) is 18.2 Å². The third-order valence-corrected chi connectivity index (χ3v) is 2.19. The molecule has 0 atom stereocenters. The Bertz CT molecular complexity index is 637. The predicted molar refractivity (Wildman–Crippen MR) is 53.4 cm³/mol. The maximum Gasteiger partial charge on any atom is 0.262 e. The number of para-hydroxylation sites is 1. The van der Waals surface area contributed by atoms with Crippen molar-refractivity contribution in [2.75, 3.05) is 0 Å². The molecule has 0 radical (unpaired) electrons. The average Bonchev–Trinajstić information content (AvgIpc) is 2.24. The van der Waals surface area contributed by atoms with Crippen LogP contribution in [-0.2, 0) is 7.05 Å². The van der Waals surface area contributed by atoms with Crippen LogP contribution < -0.4 is 5.56 Å². The van der Waals surface area contributed by atoms with Crippen molar-refractivity contribution in [1.82, 2.24) is 9.55 Å². The number of phenols is 1. The van der Waals surface area contributed by atoms with Gasteiger partial charge in [0, 0.05) is 7.05 Å². The summed E-state index contributed by atoms with van der Waals surface area (Å²) in [5.41, 5.74) is -0.176. The summed E-state index contributed by atoms with van der Waals surface area (Å²) >= 11 is 0. The molecule has 74 valence electrons. The zero-order chi connectivity index (χ0) is 11.0. The Morgan fingerprint density at radius 1 is 1.53 bits per heavy atom. The number of benzene rings is 1. The van der Waals surface area contributed by atoms with E-state index in [0.717, 1.165) is 4.57 Å². The van der Waals surface area contributed by atoms with Crippen molar-refractivity contribution >= 4 is 10.9 Å². The van der Waals surface area contributed by atoms with Crippen LogP contribution >= 0.6 is 0 Å². The number of hydrogen-bond acceptors (Lipinski definition) is 4. The van der Waals surface area contributed by atoms with E-state index in [0.29, 0.717) is 5.39 Å². The van der Waals surface area contributed by atoms with Gasteiger partial charge < -0.3 is 5.11 Å². The lowest BCUT2D eigenvalue weighted by Crippen LogP contribution is -2.20. The number of nitriles is 1. The monoisotopic (exact) mass is 201 g/mol. The Kier molecular flexibility index (Phi) is 1.90. The SMILES string of the molecule is Cn1c(C#N)nc2c(O)cccc2c1=O. The van der Waals surface area contributed by atoms with Crippen LogP contribution in [0.2, 0.25) is 0 Å². The highest BCUT2D eigenvalue weighted by Crippen LogP contribution is 2.19. The number of hydrogen-bond donors (Lipinski definition) is 1. The van der Waals surface area contributed by atoms with Gasteiger partial charge in [-0.3, -0.25) is 9.36 Å². The summed E-state index contributed by atoms with van der Waals surface area (Å²) in [7, 11) is 1.47. The average molecular weight is 201 g/mol. The van der Waals surface area contributed by atoms with Gasteiger partial charge in [-0.1, -0.05) is 6.07 Å². The van der Waals surface area contributed by atoms with Crippen molar-refractivity contribution in [3.05, 3.63) is 34.4 Å². The Labute approximate surface area is 84.8 Å². The predicted octanol–water partition coefficient (Wildman–Crippen LogP) is 0.511. The van der Waals surface area contributed by atoms with E-state index in [1.807, 2.05) is 0 Å². The van der Waals surface area contributed by atoms with Gasteiger partial charge in [-0.2, -0.15) is 5.26 Å². The standard InChI is InChI=1S/C10H7N3O2/c1-13-8(5-11)12-9-6(10(13)15)3-2-4-7(9)14/h2-4,14H,1H3. The normalized spacial score (nSPS) is 10.1. The third-order valence-electron chi connectivity index (χ3n) is 2.19. The second-order valence-electron chi connectivity index (χ2n) is 3.08. The molecule has 1 aromatic carbocycles. The summed E-state index contributed by atoms with van der Waals surface area (Å²) < 4.78 is 1.15. The van der Waals surface area contributed by atoms with E-state index in [1.165, 1.54) is 13.1 Å². The van der Waals surface area contributed by atoms with Crippen LogP contribution in [0.5, 0.6) is 5.75 Å². The molecule has 0 saturated carbocycles. The first kappa shape index (κ1) is 9.21. The molecule has 15 heavy (non-hydrogen) atoms. The molecule has 1 heterocycles. The quantitative estimate of drug-likeness (QED) is 0.673. The van der Waals surface area contributed by atoms with E-state index in [4.69, 9.17) is 5.26 Å². The highest BCUT2D eigenvalue weighted by molar-refractivity contribution is 5.83. The van der Waals surface area contributed by atoms with Gasteiger partial charge in [-0.25, -0.2) is 4.98 Å². The Balaban J connectivity index is 3.06. The number of fused-ring (bicyclic) bond motifs is 1. The fourth-order valence-electron chi connectivity index (χ4n) is 1.38. The molecule has 0 unspecified atom stereocenters. The van der Waals surface area contributed by atoms with Crippen LogP contribution in [-0.4, -0.2) is 14.7 Å². The first-order chi connectivity index (χ1) is 7.15. The largest absolute Gasteiger partial charge is 0.506 e. The van der Waals surface area contributed by atoms with Crippen molar-refractivity contribution in [2.45, 2.75) is 0 Å². The maximum atomic E-state index is 11.7. The van der Waals surface area contributed by atoms with Crippen molar-refractivity contribution in [3.63, 3.8) is 0 Å². The van der Waals surface area contributed by atoms with E-state index in [-0.39, 0.29) is 22.6 Å². The summed E-state index contributed by atoms with van der Waals surface area (Å²) in [6, 6.07) is 6.35. The summed E-state index contributed by atoms with van der Waals surface area (Å²) in [5, 5.41) is 18.5. The van der Waals surface area contributed by atoms with Gasteiger partial charge in [0.1, 0.15) is 17.3 Å². The number of nitrogens with zero attached hydrogens (tertiary/aromatic N) is 3. The van der Waals surface area contributed by atoms with Crippen LogP contribution in [0.15, 0.2) is 23.0 Å². The zero-order valence-electron chi connectivity index (χ0n) is 7.93. The molecule has 1 N–H and O–H groups in total. The second-order valence-corrected chi connectivity index (χ2v) is 3.08. The highest BCUT2D eigenvalue weighted by atomic mass is 16.3. The fraction of sp³-hybridized carbons (Fsp3) is 0.100. The van der Waals surface area contributed by atoms with Gasteiger partial charge in [-0.05, 0) is 12.1 Å². The molecule has 2 aromatic rings. The van der Waals surface area contributed by atoms with Crippen molar-refractivity contribution in [3.8, 4) is 11.8 Å². The minimum Gasteiger partial charge on any atom is -0.506 e. The van der Waals surface area contributed by atoms with E-state index >= 15 is 0 Å². The van der Waals surface area contributed by atoms with Crippen molar-refractivity contribution < 1.29 is 5.11 Å². The molecule has 0 fully saturated rings. The molecule has 2 rings (SSSR count). The maximum absolute atomic E-state index is 11.7. The Morgan fingerprint density at radius 3 is 2.93 bits per heavy atom. The first-order valence-electron chi connectivity index (χ1n) is 4.24. The van der Waals surface area contributed by atoms with Crippen molar-refractivity contribution in [2.24, 2.45) is 7.05 Å². The molecule has 1 aromatic heterocycles. The molecule has 0 aliphatic carbocycles. The Hall–Kier alpha value is -2.35. The van der Waals surface area contributed by atoms with E-state index < -0.39 is 0 Å². The Morgan fingerprint density at radius 2 is 2.27 bits per heavy atom. The van der Waals surface area contributed by atoms with Gasteiger partial charge >= 0.3 is 0 Å². The summed E-state index contributed by atoms with van der Waals surface area (Å²) in [5.74, 6) is -0.115. The zero-order valence-corrected chi connectivity index (χ0v) is 7.93. The molecule has 0 saturated heterocycles. The molecule has 0 bridgehead atoms. The minimum atomic E-state index is -0.340. The van der Waals surface area contributed by atoms with Crippen molar-refractivity contribution in [1.29, 1.82) is 5.26 Å². The topological polar surface area (TPSA) is 78.9 Å². The molecular formula is C10H7N3O2. The van der Waals surface area contributed by atoms with E-state index in [9.17, 15) is 9.90 Å². The van der Waals surface area contributed by atoms with Gasteiger partial charge in [-0.15, -0.1) is 0 Å². The van der Waals surface area contributed by atoms with Gasteiger partial charge in [0.15, 0.2) is 0 Å². The van der Waals surface area contributed by atoms with Crippen LogP contribution in [0.3, 0.4) is 0 Å². The lowest BCUT2D eigenvalue weighted by molar-refractivity contribution is 0.480. The first-order valence-corrected chi connectivity index (χ1v) is 4.24. The van der Waals surface area contributed by atoms with Gasteiger partial charge in [0.05, 0.1) is 5.39 Å². The number of phenolic OH excluding ortho intramolecular Hbond substituents is 1. The number of aromatic hydroxyl groups is 1. The molecular weight excluding hydrogens is 194 g/mol. The third kappa shape index (κ3) is 1.23. The lowest BCUT2D eigenvalue weighted by Gasteiger charge is -2.03. The molecule has 5 nitrogen and oxygen atoms in total. The van der Waals surface area contributed by atoms with E-state index in [2.05, 4.69) is 4.98 Å². The molecule has 0 aliphatic heterocycles. The van der Waals surface area contributed by atoms with Crippen LogP contribution in [0.4, 0.5) is 0 Å². The number of aromatic nitrogens is 2.